The molecule has 1 aromatic heterocycles. The van der Waals surface area contributed by atoms with E-state index in [1.807, 2.05) is 59.2 Å². The number of hydrazone groups is 1. The van der Waals surface area contributed by atoms with Crippen LogP contribution in [0.2, 0.25) is 0 Å². The molecule has 4 rings (SSSR count). The number of anilines is 1. The summed E-state index contributed by atoms with van der Waals surface area (Å²) in [4.78, 5) is 23.2. The molecule has 0 saturated heterocycles. The number of phenolic OH excluding ortho intramolecular Hbond substituents is 1. The second kappa shape index (κ2) is 13.0. The second-order valence-corrected chi connectivity index (χ2v) is 11.5. The monoisotopic (exact) mass is 721 g/mol. The van der Waals surface area contributed by atoms with Gasteiger partial charge in [-0.15, -0.1) is 10.2 Å². The molecule has 0 fully saturated rings. The number of nitrogens with zero attached hydrogens (tertiary/aromatic N) is 5. The van der Waals surface area contributed by atoms with Crippen LogP contribution in [0.15, 0.2) is 81.5 Å². The smallest absolute Gasteiger partial charge is 0.312 e. The van der Waals surface area contributed by atoms with Gasteiger partial charge in [0.25, 0.3) is 5.91 Å². The van der Waals surface area contributed by atoms with Gasteiger partial charge in [-0.3, -0.25) is 19.5 Å². The predicted octanol–water partition coefficient (Wildman–Crippen LogP) is 5.49. The number of nitro groups is 1. The SMILES string of the molecule is CC(Sc1nnc(CNc2ccc(I)cc2)n1-c1ccccc1)C(=O)NN=Cc1cc(Br)cc([N+](=O)[O-])c1O. The van der Waals surface area contributed by atoms with E-state index in [9.17, 15) is 20.0 Å². The lowest BCUT2D eigenvalue weighted by Gasteiger charge is -2.13. The minimum absolute atomic E-state index is 0.0748. The molecule has 0 aliphatic rings. The third-order valence-electron chi connectivity index (χ3n) is 5.32. The Labute approximate surface area is 249 Å². The number of carbonyl (C=O) groups excluding carboxylic acids is 1. The zero-order chi connectivity index (χ0) is 27.9. The van der Waals surface area contributed by atoms with Crippen molar-refractivity contribution in [1.29, 1.82) is 0 Å². The molecular weight excluding hydrogens is 701 g/mol. The topological polar surface area (TPSA) is 148 Å². The standard InChI is InChI=1S/C25H21BrIN7O4S/c1-15(24(36)31-29-13-16-11-17(26)12-21(23(16)35)34(37)38)39-25-32-30-22(33(25)20-5-3-2-4-6-20)14-28-19-9-7-18(27)8-10-19/h2-13,15,28,35H,14H2,1H3,(H,31,36). The number of rotatable bonds is 10. The number of hydrogen-bond donors (Lipinski definition) is 3. The van der Waals surface area contributed by atoms with Crippen molar-refractivity contribution in [1.82, 2.24) is 20.2 Å². The molecule has 4 aromatic rings. The fraction of sp³-hybridized carbons (Fsp3) is 0.120. The highest BCUT2D eigenvalue weighted by molar-refractivity contribution is 14.1. The van der Waals surface area contributed by atoms with Crippen molar-refractivity contribution >= 4 is 73.8 Å². The molecule has 0 radical (unpaired) electrons. The fourth-order valence-corrected chi connectivity index (χ4v) is 5.09. The molecule has 0 spiro atoms. The maximum absolute atomic E-state index is 12.8. The van der Waals surface area contributed by atoms with Crippen molar-refractivity contribution in [2.45, 2.75) is 23.9 Å². The largest absolute Gasteiger partial charge is 0.502 e. The number of carbonyl (C=O) groups is 1. The van der Waals surface area contributed by atoms with Crippen LogP contribution in [-0.4, -0.2) is 42.2 Å². The summed E-state index contributed by atoms with van der Waals surface area (Å²) in [6.07, 6.45) is 1.14. The molecule has 1 atom stereocenters. The van der Waals surface area contributed by atoms with Crippen LogP contribution in [0.5, 0.6) is 5.75 Å². The number of phenols is 1. The molecule has 39 heavy (non-hydrogen) atoms. The molecule has 1 unspecified atom stereocenters. The van der Waals surface area contributed by atoms with Gasteiger partial charge in [0.1, 0.15) is 0 Å². The quantitative estimate of drug-likeness (QED) is 0.0641. The Morgan fingerprint density at radius 3 is 2.64 bits per heavy atom. The Balaban J connectivity index is 1.48. The Kier molecular flexibility index (Phi) is 9.53. The van der Waals surface area contributed by atoms with Crippen LogP contribution in [0.1, 0.15) is 18.3 Å². The molecule has 1 heterocycles. The van der Waals surface area contributed by atoms with Gasteiger partial charge in [-0.1, -0.05) is 45.9 Å². The highest BCUT2D eigenvalue weighted by atomic mass is 127. The Morgan fingerprint density at radius 2 is 1.95 bits per heavy atom. The number of nitrogens with one attached hydrogen (secondary N) is 2. The normalized spacial score (nSPS) is 11.9. The molecule has 200 valence electrons. The van der Waals surface area contributed by atoms with Gasteiger partial charge in [0, 0.05) is 31.0 Å². The van der Waals surface area contributed by atoms with E-state index in [1.165, 1.54) is 23.9 Å². The van der Waals surface area contributed by atoms with E-state index in [4.69, 9.17) is 0 Å². The summed E-state index contributed by atoms with van der Waals surface area (Å²) in [7, 11) is 0. The van der Waals surface area contributed by atoms with Crippen LogP contribution in [-0.2, 0) is 11.3 Å². The number of hydrogen-bond acceptors (Lipinski definition) is 9. The number of benzene rings is 3. The molecule has 0 bridgehead atoms. The molecule has 0 aliphatic carbocycles. The zero-order valence-electron chi connectivity index (χ0n) is 20.3. The Morgan fingerprint density at radius 1 is 1.23 bits per heavy atom. The zero-order valence-corrected chi connectivity index (χ0v) is 24.8. The molecule has 14 heteroatoms. The molecule has 3 N–H and O–H groups in total. The lowest BCUT2D eigenvalue weighted by atomic mass is 10.2. The number of aromatic nitrogens is 3. The lowest BCUT2D eigenvalue weighted by molar-refractivity contribution is -0.385. The number of aromatic hydroxyl groups is 1. The molecule has 3 aromatic carbocycles. The van der Waals surface area contributed by atoms with E-state index in [2.05, 4.69) is 64.6 Å². The molecule has 11 nitrogen and oxygen atoms in total. The van der Waals surface area contributed by atoms with E-state index < -0.39 is 27.5 Å². The average molecular weight is 722 g/mol. The number of halogens is 2. The molecule has 0 aliphatic heterocycles. The Bertz CT molecular complexity index is 1520. The summed E-state index contributed by atoms with van der Waals surface area (Å²) < 4.78 is 3.41. The summed E-state index contributed by atoms with van der Waals surface area (Å²) in [5.41, 5.74) is 3.80. The minimum atomic E-state index is -0.706. The van der Waals surface area contributed by atoms with Crippen LogP contribution in [0.3, 0.4) is 0 Å². The minimum Gasteiger partial charge on any atom is -0.502 e. The van der Waals surface area contributed by atoms with Crippen molar-refractivity contribution in [3.8, 4) is 11.4 Å². The molecule has 1 amide bonds. The van der Waals surface area contributed by atoms with E-state index in [0.717, 1.165) is 21.2 Å². The molecular formula is C25H21BrIN7O4S. The second-order valence-electron chi connectivity index (χ2n) is 8.04. The first kappa shape index (κ1) is 28.5. The Hall–Kier alpha value is -3.50. The maximum atomic E-state index is 12.8. The first-order valence-corrected chi connectivity index (χ1v) is 14.1. The maximum Gasteiger partial charge on any atom is 0.312 e. The average Bonchev–Trinajstić information content (AvgIpc) is 3.32. The van der Waals surface area contributed by atoms with E-state index in [-0.39, 0.29) is 5.56 Å². The fourth-order valence-electron chi connectivity index (χ4n) is 3.39. The summed E-state index contributed by atoms with van der Waals surface area (Å²) in [5, 5.41) is 37.1. The first-order chi connectivity index (χ1) is 18.7. The van der Waals surface area contributed by atoms with E-state index in [0.29, 0.717) is 22.0 Å². The van der Waals surface area contributed by atoms with Crippen LogP contribution in [0.4, 0.5) is 11.4 Å². The van der Waals surface area contributed by atoms with Crippen LogP contribution in [0.25, 0.3) is 5.69 Å². The summed E-state index contributed by atoms with van der Waals surface area (Å²) in [6.45, 7) is 2.11. The third kappa shape index (κ3) is 7.33. The molecule has 0 saturated carbocycles. The van der Waals surface area contributed by atoms with Crippen LogP contribution < -0.4 is 10.7 Å². The van der Waals surface area contributed by atoms with Gasteiger partial charge in [0.05, 0.1) is 22.9 Å². The summed E-state index contributed by atoms with van der Waals surface area (Å²) in [6, 6.07) is 20.2. The highest BCUT2D eigenvalue weighted by Crippen LogP contribution is 2.32. The number of thioether (sulfide) groups is 1. The number of para-hydroxylation sites is 1. The van der Waals surface area contributed by atoms with Gasteiger partial charge in [-0.25, -0.2) is 5.43 Å². The first-order valence-electron chi connectivity index (χ1n) is 11.4. The third-order valence-corrected chi connectivity index (χ3v) is 7.54. The van der Waals surface area contributed by atoms with Crippen molar-refractivity contribution in [3.63, 3.8) is 0 Å². The van der Waals surface area contributed by atoms with Crippen molar-refractivity contribution in [2.75, 3.05) is 5.32 Å². The van der Waals surface area contributed by atoms with Crippen molar-refractivity contribution < 1.29 is 14.8 Å². The van der Waals surface area contributed by atoms with Gasteiger partial charge in [-0.2, -0.15) is 5.10 Å². The lowest BCUT2D eigenvalue weighted by Crippen LogP contribution is -2.27. The van der Waals surface area contributed by atoms with E-state index >= 15 is 0 Å². The number of amides is 1. The van der Waals surface area contributed by atoms with Gasteiger partial charge >= 0.3 is 5.69 Å². The van der Waals surface area contributed by atoms with Gasteiger partial charge in [-0.05, 0) is 72.0 Å². The highest BCUT2D eigenvalue weighted by Gasteiger charge is 2.22. The van der Waals surface area contributed by atoms with Gasteiger partial charge in [0.15, 0.2) is 11.0 Å². The van der Waals surface area contributed by atoms with Gasteiger partial charge < -0.3 is 10.4 Å². The number of nitro benzene ring substituents is 1. The van der Waals surface area contributed by atoms with Crippen molar-refractivity contribution in [2.24, 2.45) is 5.10 Å². The van der Waals surface area contributed by atoms with E-state index in [1.54, 1.807) is 6.92 Å². The van der Waals surface area contributed by atoms with Crippen LogP contribution >= 0.6 is 50.3 Å². The van der Waals surface area contributed by atoms with Crippen molar-refractivity contribution in [3.05, 3.63) is 96.3 Å². The van der Waals surface area contributed by atoms with Crippen LogP contribution in [0, 0.1) is 13.7 Å². The predicted molar refractivity (Wildman–Crippen MR) is 161 cm³/mol. The summed E-state index contributed by atoms with van der Waals surface area (Å²) in [5.74, 6) is -0.313. The van der Waals surface area contributed by atoms with Gasteiger partial charge in [0.2, 0.25) is 5.75 Å². The summed E-state index contributed by atoms with van der Waals surface area (Å²) >= 11 is 6.62.